The zero-order valence-corrected chi connectivity index (χ0v) is 17.3. The Hall–Kier alpha value is -3.27. The molecule has 0 bridgehead atoms. The van der Waals surface area contributed by atoms with E-state index in [0.29, 0.717) is 10.7 Å². The highest BCUT2D eigenvalue weighted by Crippen LogP contribution is 2.30. The van der Waals surface area contributed by atoms with E-state index in [1.807, 2.05) is 39.0 Å². The maximum absolute atomic E-state index is 12.5. The first-order valence-electron chi connectivity index (χ1n) is 8.81. The van der Waals surface area contributed by atoms with Crippen molar-refractivity contribution in [3.8, 4) is 5.69 Å². The number of aromatic nitrogens is 4. The van der Waals surface area contributed by atoms with Crippen molar-refractivity contribution in [1.82, 2.24) is 20.2 Å². The fraction of sp³-hybridized carbons (Fsp3) is 0.263. The summed E-state index contributed by atoms with van der Waals surface area (Å²) in [5.74, 6) is -0.363. The molecule has 0 atom stereocenters. The Labute approximate surface area is 171 Å². The molecule has 1 aromatic heterocycles. The second-order valence-electron chi connectivity index (χ2n) is 6.61. The number of rotatable bonds is 6. The van der Waals surface area contributed by atoms with Gasteiger partial charge in [0, 0.05) is 6.07 Å². The standard InChI is InChI=1S/C19H20N6O3S/c1-11-8-9-15(25(27)28)17(14(11)4)20-16(26)10-29-19-21-22-23-24(19)18-12(2)6-5-7-13(18)3/h5-9H,10H2,1-4H3,(H,20,26). The van der Waals surface area contributed by atoms with Crippen molar-refractivity contribution in [3.05, 3.63) is 62.7 Å². The second kappa shape index (κ2) is 8.39. The summed E-state index contributed by atoms with van der Waals surface area (Å²) in [7, 11) is 0. The fourth-order valence-corrected chi connectivity index (χ4v) is 3.64. The van der Waals surface area contributed by atoms with Crippen molar-refractivity contribution in [2.45, 2.75) is 32.9 Å². The van der Waals surface area contributed by atoms with Crippen LogP contribution in [0.4, 0.5) is 11.4 Å². The van der Waals surface area contributed by atoms with Gasteiger partial charge in [0.1, 0.15) is 5.69 Å². The van der Waals surface area contributed by atoms with Gasteiger partial charge in [-0.3, -0.25) is 14.9 Å². The number of tetrazole rings is 1. The highest BCUT2D eigenvalue weighted by molar-refractivity contribution is 7.99. The molecule has 2 aromatic carbocycles. The molecule has 3 rings (SSSR count). The average Bonchev–Trinajstić information content (AvgIpc) is 3.11. The van der Waals surface area contributed by atoms with Gasteiger partial charge in [-0.05, 0) is 60.4 Å². The molecule has 0 aliphatic rings. The number of nitro benzene ring substituents is 1. The first-order valence-corrected chi connectivity index (χ1v) is 9.80. The second-order valence-corrected chi connectivity index (χ2v) is 7.55. The lowest BCUT2D eigenvalue weighted by Gasteiger charge is -2.12. The highest BCUT2D eigenvalue weighted by atomic mass is 32.2. The number of aryl methyl sites for hydroxylation is 3. The van der Waals surface area contributed by atoms with E-state index >= 15 is 0 Å². The van der Waals surface area contributed by atoms with Crippen molar-refractivity contribution < 1.29 is 9.72 Å². The number of hydrogen-bond acceptors (Lipinski definition) is 7. The number of thioether (sulfide) groups is 1. The molecule has 0 saturated heterocycles. The predicted molar refractivity (Wildman–Crippen MR) is 111 cm³/mol. The third kappa shape index (κ3) is 4.27. The van der Waals surface area contributed by atoms with Crippen LogP contribution in [0.1, 0.15) is 22.3 Å². The lowest BCUT2D eigenvalue weighted by atomic mass is 10.1. The van der Waals surface area contributed by atoms with Gasteiger partial charge in [0.2, 0.25) is 11.1 Å². The van der Waals surface area contributed by atoms with Gasteiger partial charge in [-0.2, -0.15) is 4.68 Å². The minimum Gasteiger partial charge on any atom is -0.319 e. The third-order valence-corrected chi connectivity index (χ3v) is 5.52. The van der Waals surface area contributed by atoms with Crippen LogP contribution in [0.2, 0.25) is 0 Å². The Balaban J connectivity index is 1.78. The fourth-order valence-electron chi connectivity index (χ4n) is 2.97. The van der Waals surface area contributed by atoms with E-state index in [0.717, 1.165) is 34.1 Å². The summed E-state index contributed by atoms with van der Waals surface area (Å²) in [5, 5.41) is 26.2. The van der Waals surface area contributed by atoms with E-state index in [9.17, 15) is 14.9 Å². The Kier molecular flexibility index (Phi) is 5.92. The largest absolute Gasteiger partial charge is 0.319 e. The van der Waals surface area contributed by atoms with Crippen molar-refractivity contribution in [2.24, 2.45) is 0 Å². The number of nitrogens with one attached hydrogen (secondary N) is 1. The summed E-state index contributed by atoms with van der Waals surface area (Å²) in [5.41, 5.74) is 4.49. The van der Waals surface area contributed by atoms with E-state index in [1.54, 1.807) is 17.7 Å². The van der Waals surface area contributed by atoms with Gasteiger partial charge in [0.15, 0.2) is 0 Å². The normalized spacial score (nSPS) is 10.8. The van der Waals surface area contributed by atoms with Gasteiger partial charge < -0.3 is 5.32 Å². The quantitative estimate of drug-likeness (QED) is 0.374. The summed E-state index contributed by atoms with van der Waals surface area (Å²) in [4.78, 5) is 23.3. The lowest BCUT2D eigenvalue weighted by molar-refractivity contribution is -0.384. The van der Waals surface area contributed by atoms with E-state index in [1.165, 1.54) is 6.07 Å². The van der Waals surface area contributed by atoms with Crippen molar-refractivity contribution >= 4 is 29.0 Å². The lowest BCUT2D eigenvalue weighted by Crippen LogP contribution is -2.17. The summed E-state index contributed by atoms with van der Waals surface area (Å²) < 4.78 is 1.60. The monoisotopic (exact) mass is 412 g/mol. The van der Waals surface area contributed by atoms with Gasteiger partial charge in [0.05, 0.1) is 16.4 Å². The van der Waals surface area contributed by atoms with Gasteiger partial charge in [-0.1, -0.05) is 36.0 Å². The van der Waals surface area contributed by atoms with E-state index in [4.69, 9.17) is 0 Å². The van der Waals surface area contributed by atoms with Crippen LogP contribution >= 0.6 is 11.8 Å². The van der Waals surface area contributed by atoms with Crippen LogP contribution in [-0.2, 0) is 4.79 Å². The molecule has 0 spiro atoms. The van der Waals surface area contributed by atoms with Crippen LogP contribution in [0.25, 0.3) is 5.69 Å². The number of para-hydroxylation sites is 1. The van der Waals surface area contributed by atoms with Crippen molar-refractivity contribution in [1.29, 1.82) is 0 Å². The molecule has 0 aliphatic carbocycles. The summed E-state index contributed by atoms with van der Waals surface area (Å²) in [6.07, 6.45) is 0. The number of nitrogens with zero attached hydrogens (tertiary/aromatic N) is 5. The minimum atomic E-state index is -0.503. The molecule has 9 nitrogen and oxygen atoms in total. The van der Waals surface area contributed by atoms with Crippen molar-refractivity contribution in [3.63, 3.8) is 0 Å². The highest BCUT2D eigenvalue weighted by Gasteiger charge is 2.20. The molecule has 0 aliphatic heterocycles. The van der Waals surface area contributed by atoms with Crippen LogP contribution in [0.15, 0.2) is 35.5 Å². The Bertz CT molecular complexity index is 1080. The average molecular weight is 412 g/mol. The number of benzene rings is 2. The zero-order valence-electron chi connectivity index (χ0n) is 16.5. The maximum Gasteiger partial charge on any atom is 0.293 e. The summed E-state index contributed by atoms with van der Waals surface area (Å²) >= 11 is 1.16. The maximum atomic E-state index is 12.5. The molecule has 1 amide bonds. The molecular formula is C19H20N6O3S. The molecule has 29 heavy (non-hydrogen) atoms. The Morgan fingerprint density at radius 2 is 1.83 bits per heavy atom. The zero-order chi connectivity index (χ0) is 21.1. The SMILES string of the molecule is Cc1ccc([N+](=O)[O-])c(NC(=O)CSc2nnnn2-c2c(C)cccc2C)c1C. The van der Waals surface area contributed by atoms with Crippen LogP contribution in [0, 0.1) is 37.8 Å². The Morgan fingerprint density at radius 1 is 1.14 bits per heavy atom. The number of hydrogen-bond donors (Lipinski definition) is 1. The molecule has 0 saturated carbocycles. The first-order chi connectivity index (χ1) is 13.8. The van der Waals surface area contributed by atoms with Crippen LogP contribution < -0.4 is 5.32 Å². The number of anilines is 1. The van der Waals surface area contributed by atoms with E-state index < -0.39 is 4.92 Å². The van der Waals surface area contributed by atoms with Crippen LogP contribution in [-0.4, -0.2) is 36.8 Å². The van der Waals surface area contributed by atoms with Crippen molar-refractivity contribution in [2.75, 3.05) is 11.1 Å². The topological polar surface area (TPSA) is 116 Å². The molecule has 0 fully saturated rings. The Morgan fingerprint density at radius 3 is 2.48 bits per heavy atom. The van der Waals surface area contributed by atoms with Gasteiger partial charge in [0.25, 0.3) is 5.69 Å². The molecule has 10 heteroatoms. The summed E-state index contributed by atoms with van der Waals surface area (Å²) in [6.45, 7) is 7.50. The predicted octanol–water partition coefficient (Wildman–Crippen LogP) is 3.53. The van der Waals surface area contributed by atoms with E-state index in [2.05, 4.69) is 20.8 Å². The molecule has 3 aromatic rings. The number of carbonyl (C=O) groups excluding carboxylic acids is 1. The molecule has 1 heterocycles. The summed E-state index contributed by atoms with van der Waals surface area (Å²) in [6, 6.07) is 8.94. The molecule has 1 N–H and O–H groups in total. The molecule has 0 unspecified atom stereocenters. The number of carbonyl (C=O) groups is 1. The molecule has 0 radical (unpaired) electrons. The first kappa shape index (κ1) is 20.5. The van der Waals surface area contributed by atoms with Crippen LogP contribution in [0.5, 0.6) is 0 Å². The third-order valence-electron chi connectivity index (χ3n) is 4.60. The number of amides is 1. The van der Waals surface area contributed by atoms with Gasteiger partial charge in [-0.15, -0.1) is 5.10 Å². The van der Waals surface area contributed by atoms with Gasteiger partial charge >= 0.3 is 0 Å². The van der Waals surface area contributed by atoms with E-state index in [-0.39, 0.29) is 23.0 Å². The smallest absolute Gasteiger partial charge is 0.293 e. The number of nitro groups is 1. The molecular weight excluding hydrogens is 392 g/mol. The molecule has 150 valence electrons. The van der Waals surface area contributed by atoms with Gasteiger partial charge in [-0.25, -0.2) is 0 Å². The minimum absolute atomic E-state index is 0.00976. The van der Waals surface area contributed by atoms with Crippen LogP contribution in [0.3, 0.4) is 0 Å².